The molecule has 5 heteroatoms. The first-order valence-electron chi connectivity index (χ1n) is 8.16. The highest BCUT2D eigenvalue weighted by molar-refractivity contribution is 6.30. The van der Waals surface area contributed by atoms with Gasteiger partial charge in [0.2, 0.25) is 0 Å². The van der Waals surface area contributed by atoms with Gasteiger partial charge in [-0.2, -0.15) is 0 Å². The summed E-state index contributed by atoms with van der Waals surface area (Å²) >= 11 is 6.09. The van der Waals surface area contributed by atoms with Crippen molar-refractivity contribution >= 4 is 17.6 Å². The minimum atomic E-state index is -0.636. The lowest BCUT2D eigenvalue weighted by molar-refractivity contribution is -0.0832. The summed E-state index contributed by atoms with van der Waals surface area (Å²) in [7, 11) is 0. The van der Waals surface area contributed by atoms with Gasteiger partial charge >= 0.3 is 6.03 Å². The van der Waals surface area contributed by atoms with Crippen molar-refractivity contribution in [2.75, 3.05) is 6.54 Å². The van der Waals surface area contributed by atoms with Gasteiger partial charge in [-0.05, 0) is 37.1 Å². The summed E-state index contributed by atoms with van der Waals surface area (Å²) in [6, 6.07) is 15.6. The first kappa shape index (κ1) is 15.3. The largest absolute Gasteiger partial charge is 0.468 e. The van der Waals surface area contributed by atoms with Crippen LogP contribution >= 0.6 is 11.6 Å². The van der Waals surface area contributed by atoms with E-state index in [2.05, 4.69) is 17.4 Å². The van der Waals surface area contributed by atoms with Crippen LogP contribution in [0.5, 0.6) is 5.75 Å². The van der Waals surface area contributed by atoms with Gasteiger partial charge in [0.25, 0.3) is 0 Å². The summed E-state index contributed by atoms with van der Waals surface area (Å²) in [6.07, 6.45) is 1.51. The Hall–Kier alpha value is -2.20. The Morgan fingerprint density at radius 1 is 1.29 bits per heavy atom. The third-order valence-corrected chi connectivity index (χ3v) is 5.08. The molecule has 0 saturated carbocycles. The van der Waals surface area contributed by atoms with Crippen LogP contribution in [0.3, 0.4) is 0 Å². The number of carbonyl (C=O) groups is 1. The Morgan fingerprint density at radius 2 is 2.08 bits per heavy atom. The first-order chi connectivity index (χ1) is 11.5. The Kier molecular flexibility index (Phi) is 3.65. The number of amides is 2. The fourth-order valence-corrected chi connectivity index (χ4v) is 3.79. The molecule has 4 rings (SSSR count). The van der Waals surface area contributed by atoms with Gasteiger partial charge < -0.3 is 10.1 Å². The Morgan fingerprint density at radius 3 is 2.88 bits per heavy atom. The fraction of sp³-hybridized carbons (Fsp3) is 0.316. The van der Waals surface area contributed by atoms with Gasteiger partial charge in [0.15, 0.2) is 5.72 Å². The van der Waals surface area contributed by atoms with Crippen molar-refractivity contribution in [2.45, 2.75) is 31.5 Å². The molecule has 0 aliphatic carbocycles. The van der Waals surface area contributed by atoms with Crippen LogP contribution in [0.25, 0.3) is 0 Å². The third-order valence-electron chi connectivity index (χ3n) is 4.84. The number of benzene rings is 2. The highest BCUT2D eigenvalue weighted by Crippen LogP contribution is 2.44. The summed E-state index contributed by atoms with van der Waals surface area (Å²) in [6.45, 7) is 2.60. The van der Waals surface area contributed by atoms with Crippen molar-refractivity contribution < 1.29 is 9.53 Å². The molecule has 2 aromatic rings. The number of hydrogen-bond acceptors (Lipinski definition) is 2. The number of ether oxygens (including phenoxy) is 1. The van der Waals surface area contributed by atoms with Crippen molar-refractivity contribution in [3.05, 3.63) is 64.7 Å². The van der Waals surface area contributed by atoms with E-state index in [1.54, 1.807) is 4.90 Å². The van der Waals surface area contributed by atoms with Gasteiger partial charge in [-0.15, -0.1) is 0 Å². The topological polar surface area (TPSA) is 41.6 Å². The highest BCUT2D eigenvalue weighted by atomic mass is 35.5. The molecule has 1 saturated heterocycles. The lowest BCUT2D eigenvalue weighted by Crippen LogP contribution is -2.65. The van der Waals surface area contributed by atoms with Crippen molar-refractivity contribution in [3.8, 4) is 5.75 Å². The summed E-state index contributed by atoms with van der Waals surface area (Å²) in [4.78, 5) is 14.4. The molecule has 2 bridgehead atoms. The molecular weight excluding hydrogens is 324 g/mol. The van der Waals surface area contributed by atoms with E-state index in [4.69, 9.17) is 16.3 Å². The second kappa shape index (κ2) is 5.71. The van der Waals surface area contributed by atoms with Crippen LogP contribution < -0.4 is 10.1 Å². The molecule has 0 aromatic heterocycles. The Balaban J connectivity index is 1.59. The summed E-state index contributed by atoms with van der Waals surface area (Å²) in [5.41, 5.74) is 1.53. The van der Waals surface area contributed by atoms with Crippen molar-refractivity contribution in [1.82, 2.24) is 10.2 Å². The minimum Gasteiger partial charge on any atom is -0.468 e. The van der Waals surface area contributed by atoms with E-state index >= 15 is 0 Å². The molecule has 1 fully saturated rings. The van der Waals surface area contributed by atoms with Gasteiger partial charge in [-0.1, -0.05) is 41.9 Å². The number of rotatable bonds is 3. The molecule has 2 aromatic carbocycles. The number of carbonyl (C=O) groups excluding carboxylic acids is 1. The summed E-state index contributed by atoms with van der Waals surface area (Å²) < 4.78 is 6.22. The number of fused-ring (bicyclic) bond motifs is 4. The molecule has 2 amide bonds. The van der Waals surface area contributed by atoms with E-state index in [-0.39, 0.29) is 12.1 Å². The quantitative estimate of drug-likeness (QED) is 0.910. The van der Waals surface area contributed by atoms with Gasteiger partial charge in [0.05, 0.1) is 6.04 Å². The van der Waals surface area contributed by atoms with Gasteiger partial charge in [0.1, 0.15) is 5.75 Å². The average molecular weight is 343 g/mol. The standard InChI is InChI=1S/C19H19ClN2O2/c1-19-12-16(15-11-14(20)7-8-17(15)24-19)21-18(23)22(19)10-9-13-5-3-2-4-6-13/h2-8,11,16H,9-10,12H2,1H3,(H,21,23)/t16-,19+/m1/s1. The van der Waals surface area contributed by atoms with E-state index in [0.29, 0.717) is 18.0 Å². The van der Waals surface area contributed by atoms with Crippen LogP contribution in [0.2, 0.25) is 5.02 Å². The predicted octanol–water partition coefficient (Wildman–Crippen LogP) is 4.15. The van der Waals surface area contributed by atoms with Gasteiger partial charge in [-0.25, -0.2) is 4.79 Å². The zero-order chi connectivity index (χ0) is 16.7. The normalized spacial score (nSPS) is 24.8. The van der Waals surface area contributed by atoms with Crippen molar-refractivity contribution in [1.29, 1.82) is 0 Å². The number of urea groups is 1. The van der Waals surface area contributed by atoms with Crippen LogP contribution in [0.4, 0.5) is 4.79 Å². The monoisotopic (exact) mass is 342 g/mol. The molecule has 2 aliphatic heterocycles. The number of nitrogens with zero attached hydrogens (tertiary/aromatic N) is 1. The van der Waals surface area contributed by atoms with Crippen LogP contribution in [-0.4, -0.2) is 23.2 Å². The number of nitrogens with one attached hydrogen (secondary N) is 1. The van der Waals surface area contributed by atoms with Crippen LogP contribution in [0.15, 0.2) is 48.5 Å². The predicted molar refractivity (Wildman–Crippen MR) is 93.2 cm³/mol. The second-order valence-corrected chi connectivity index (χ2v) is 6.99. The number of halogens is 1. The second-order valence-electron chi connectivity index (χ2n) is 6.55. The van der Waals surface area contributed by atoms with Crippen LogP contribution in [-0.2, 0) is 6.42 Å². The molecule has 0 radical (unpaired) electrons. The zero-order valence-corrected chi connectivity index (χ0v) is 14.2. The molecule has 0 unspecified atom stereocenters. The molecule has 1 N–H and O–H groups in total. The van der Waals surface area contributed by atoms with E-state index in [0.717, 1.165) is 17.7 Å². The maximum Gasteiger partial charge on any atom is 0.320 e. The molecule has 4 nitrogen and oxygen atoms in total. The van der Waals surface area contributed by atoms with Gasteiger partial charge in [0, 0.05) is 23.6 Å². The Labute approximate surface area is 146 Å². The van der Waals surface area contributed by atoms with E-state index in [1.807, 2.05) is 43.3 Å². The van der Waals surface area contributed by atoms with Crippen LogP contribution in [0.1, 0.15) is 30.5 Å². The average Bonchev–Trinajstić information content (AvgIpc) is 2.56. The van der Waals surface area contributed by atoms with Crippen molar-refractivity contribution in [3.63, 3.8) is 0 Å². The maximum absolute atomic E-state index is 12.6. The number of hydrogen-bond donors (Lipinski definition) is 1. The SMILES string of the molecule is C[C@]12C[C@@H](NC(=O)N1CCc1ccccc1)c1cc(Cl)ccc1O2. The Bertz CT molecular complexity index is 780. The highest BCUT2D eigenvalue weighted by Gasteiger charge is 2.48. The van der Waals surface area contributed by atoms with Gasteiger partial charge in [-0.3, -0.25) is 4.90 Å². The van der Waals surface area contributed by atoms with Crippen molar-refractivity contribution in [2.24, 2.45) is 0 Å². The molecule has 2 aliphatic rings. The maximum atomic E-state index is 12.6. The smallest absolute Gasteiger partial charge is 0.320 e. The van der Waals surface area contributed by atoms with E-state index in [1.165, 1.54) is 5.56 Å². The van der Waals surface area contributed by atoms with E-state index in [9.17, 15) is 4.79 Å². The molecule has 24 heavy (non-hydrogen) atoms. The summed E-state index contributed by atoms with van der Waals surface area (Å²) in [5.74, 6) is 0.794. The molecular formula is C19H19ClN2O2. The minimum absolute atomic E-state index is 0.0575. The van der Waals surface area contributed by atoms with E-state index < -0.39 is 5.72 Å². The molecule has 124 valence electrons. The zero-order valence-electron chi connectivity index (χ0n) is 13.5. The van der Waals surface area contributed by atoms with Crippen LogP contribution in [0, 0.1) is 0 Å². The molecule has 2 heterocycles. The lowest BCUT2D eigenvalue weighted by Gasteiger charge is -2.50. The first-order valence-corrected chi connectivity index (χ1v) is 8.53. The fourth-order valence-electron chi connectivity index (χ4n) is 3.61. The molecule has 0 spiro atoms. The lowest BCUT2D eigenvalue weighted by atomic mass is 9.90. The summed E-state index contributed by atoms with van der Waals surface area (Å²) in [5, 5.41) is 3.75. The molecule has 2 atom stereocenters. The third kappa shape index (κ3) is 2.61.